The summed E-state index contributed by atoms with van der Waals surface area (Å²) in [4.78, 5) is 22.5. The Morgan fingerprint density at radius 1 is 1.21 bits per heavy atom. The van der Waals surface area contributed by atoms with Gasteiger partial charge in [0.15, 0.2) is 11.5 Å². The van der Waals surface area contributed by atoms with Crippen molar-refractivity contribution in [1.29, 1.82) is 0 Å². The molecule has 8 heteroatoms. The molecule has 0 radical (unpaired) electrons. The highest BCUT2D eigenvalue weighted by molar-refractivity contribution is 6.21. The van der Waals surface area contributed by atoms with Crippen LogP contribution in [-0.4, -0.2) is 29.9 Å². The minimum absolute atomic E-state index is 0.0353. The van der Waals surface area contributed by atoms with Crippen molar-refractivity contribution in [1.82, 2.24) is 0 Å². The van der Waals surface area contributed by atoms with Gasteiger partial charge in [-0.3, -0.25) is 10.1 Å². The highest BCUT2D eigenvalue weighted by atomic mass is 16.7. The fraction of sp³-hybridized carbons (Fsp3) is 0.250. The predicted molar refractivity (Wildman–Crippen MR) is 103 cm³/mol. The first-order valence-electron chi connectivity index (χ1n) is 8.61. The summed E-state index contributed by atoms with van der Waals surface area (Å²) in [5.41, 5.74) is 1.09. The highest BCUT2D eigenvalue weighted by Gasteiger charge is 2.23. The number of carbonyl (C=O) groups is 1. The maximum Gasteiger partial charge on any atom is 0.336 e. The van der Waals surface area contributed by atoms with Crippen LogP contribution in [0.4, 0.5) is 5.69 Å². The zero-order chi connectivity index (χ0) is 20.7. The lowest BCUT2D eigenvalue weighted by molar-refractivity contribution is -0.385. The lowest BCUT2D eigenvalue weighted by Gasteiger charge is -2.06. The summed E-state index contributed by atoms with van der Waals surface area (Å²) in [5.74, 6) is -0.604. The summed E-state index contributed by atoms with van der Waals surface area (Å²) < 4.78 is 15.4. The van der Waals surface area contributed by atoms with Crippen molar-refractivity contribution in [2.24, 2.45) is 0 Å². The van der Waals surface area contributed by atoms with Gasteiger partial charge in [-0.05, 0) is 23.3 Å². The summed E-state index contributed by atoms with van der Waals surface area (Å²) >= 11 is 0. The number of benzene rings is 2. The zero-order valence-electron chi connectivity index (χ0n) is 15.8. The van der Waals surface area contributed by atoms with E-state index in [0.29, 0.717) is 17.9 Å². The van der Waals surface area contributed by atoms with Crippen molar-refractivity contribution in [3.05, 3.63) is 63.2 Å². The van der Waals surface area contributed by atoms with E-state index in [2.05, 4.69) is 0 Å². The number of nitro groups is 1. The Balaban J connectivity index is 0.00000136. The Bertz CT molecular complexity index is 888. The van der Waals surface area contributed by atoms with Gasteiger partial charge in [0.1, 0.15) is 0 Å². The Morgan fingerprint density at radius 2 is 1.82 bits per heavy atom. The van der Waals surface area contributed by atoms with Crippen LogP contribution in [0.25, 0.3) is 11.6 Å². The first-order valence-corrected chi connectivity index (χ1v) is 8.61. The van der Waals surface area contributed by atoms with E-state index in [-0.39, 0.29) is 29.4 Å². The normalized spacial score (nSPS) is 12.2. The molecule has 2 aromatic carbocycles. The molecule has 1 aliphatic rings. The lowest BCUT2D eigenvalue weighted by Crippen LogP contribution is -2.01. The minimum Gasteiger partial charge on any atom is -0.478 e. The molecular weight excluding hydrogens is 366 g/mol. The molecule has 148 valence electrons. The molecule has 0 unspecified atom stereocenters. The SMILES string of the molecule is CC.COCc1ccc(/C(=C\c2cc3c(cc2[N+](=O)[O-])OCO3)C(=O)O)cc1. The molecule has 2 aromatic rings. The van der Waals surface area contributed by atoms with Crippen LogP contribution in [0, 0.1) is 10.1 Å². The maximum atomic E-state index is 11.7. The number of aliphatic carboxylic acids is 1. The van der Waals surface area contributed by atoms with Crippen molar-refractivity contribution < 1.29 is 29.0 Å². The average molecular weight is 387 g/mol. The summed E-state index contributed by atoms with van der Waals surface area (Å²) in [6, 6.07) is 9.38. The Hall–Kier alpha value is -3.39. The summed E-state index contributed by atoms with van der Waals surface area (Å²) in [6.07, 6.45) is 1.26. The molecule has 0 saturated heterocycles. The summed E-state index contributed by atoms with van der Waals surface area (Å²) in [6.45, 7) is 4.37. The number of nitro benzene ring substituents is 1. The standard InChI is InChI=1S/C18H15NO7.C2H6/c1-24-9-11-2-4-12(5-3-11)14(18(20)21)6-13-7-16-17(26-10-25-16)8-15(13)19(22)23;1-2/h2-8H,9-10H2,1H3,(H,20,21);1-2H3/b14-6+;. The maximum absolute atomic E-state index is 11.7. The molecule has 3 rings (SSSR count). The number of carboxylic acids is 1. The van der Waals surface area contributed by atoms with Gasteiger partial charge in [0.2, 0.25) is 6.79 Å². The monoisotopic (exact) mass is 387 g/mol. The van der Waals surface area contributed by atoms with E-state index < -0.39 is 10.9 Å². The molecule has 8 nitrogen and oxygen atoms in total. The van der Waals surface area contributed by atoms with Gasteiger partial charge in [0.05, 0.1) is 28.7 Å². The van der Waals surface area contributed by atoms with E-state index in [0.717, 1.165) is 5.56 Å². The molecule has 0 aromatic heterocycles. The second kappa shape index (κ2) is 9.52. The molecule has 1 aliphatic heterocycles. The Labute approximate surface area is 162 Å². The number of carboxylic acid groups (broad SMARTS) is 1. The van der Waals surface area contributed by atoms with Crippen LogP contribution in [0.5, 0.6) is 11.5 Å². The molecular formula is C20H21NO7. The average Bonchev–Trinajstić information content (AvgIpc) is 3.15. The van der Waals surface area contributed by atoms with Crippen LogP contribution in [0.3, 0.4) is 0 Å². The van der Waals surface area contributed by atoms with Gasteiger partial charge < -0.3 is 19.3 Å². The van der Waals surface area contributed by atoms with Gasteiger partial charge in [-0.2, -0.15) is 0 Å². The van der Waals surface area contributed by atoms with Gasteiger partial charge in [0.25, 0.3) is 5.69 Å². The van der Waals surface area contributed by atoms with Gasteiger partial charge in [0, 0.05) is 7.11 Å². The van der Waals surface area contributed by atoms with Crippen LogP contribution in [0.15, 0.2) is 36.4 Å². The topological polar surface area (TPSA) is 108 Å². The Morgan fingerprint density at radius 3 is 2.36 bits per heavy atom. The quantitative estimate of drug-likeness (QED) is 0.344. The third-order valence-corrected chi connectivity index (χ3v) is 3.82. The largest absolute Gasteiger partial charge is 0.478 e. The van der Waals surface area contributed by atoms with Crippen molar-refractivity contribution in [2.75, 3.05) is 13.9 Å². The minimum atomic E-state index is -1.20. The van der Waals surface area contributed by atoms with Crippen molar-refractivity contribution in [3.8, 4) is 11.5 Å². The van der Waals surface area contributed by atoms with E-state index >= 15 is 0 Å². The van der Waals surface area contributed by atoms with Crippen LogP contribution in [0.1, 0.15) is 30.5 Å². The molecule has 28 heavy (non-hydrogen) atoms. The molecule has 0 amide bonds. The van der Waals surface area contributed by atoms with Gasteiger partial charge >= 0.3 is 5.97 Å². The number of ether oxygens (including phenoxy) is 3. The fourth-order valence-electron chi connectivity index (χ4n) is 2.59. The number of hydrogen-bond donors (Lipinski definition) is 1. The third kappa shape index (κ3) is 4.66. The second-order valence-electron chi connectivity index (χ2n) is 5.51. The molecule has 1 N–H and O–H groups in total. The zero-order valence-corrected chi connectivity index (χ0v) is 15.8. The van der Waals surface area contributed by atoms with Crippen LogP contribution in [-0.2, 0) is 16.1 Å². The molecule has 0 aliphatic carbocycles. The van der Waals surface area contributed by atoms with E-state index in [1.165, 1.54) is 18.2 Å². The smallest absolute Gasteiger partial charge is 0.336 e. The third-order valence-electron chi connectivity index (χ3n) is 3.82. The summed E-state index contributed by atoms with van der Waals surface area (Å²) in [5, 5.41) is 20.9. The van der Waals surface area contributed by atoms with Crippen molar-refractivity contribution in [2.45, 2.75) is 20.5 Å². The highest BCUT2D eigenvalue weighted by Crippen LogP contribution is 2.39. The molecule has 1 heterocycles. The fourth-order valence-corrected chi connectivity index (χ4v) is 2.59. The van der Waals surface area contributed by atoms with E-state index in [9.17, 15) is 20.0 Å². The molecule has 0 fully saturated rings. The number of methoxy groups -OCH3 is 1. The second-order valence-corrected chi connectivity index (χ2v) is 5.51. The van der Waals surface area contributed by atoms with Gasteiger partial charge in [-0.15, -0.1) is 0 Å². The lowest BCUT2D eigenvalue weighted by atomic mass is 10.0. The van der Waals surface area contributed by atoms with E-state index in [1.807, 2.05) is 13.8 Å². The number of nitrogens with zero attached hydrogens (tertiary/aromatic N) is 1. The number of rotatable bonds is 6. The first kappa shape index (κ1) is 20.9. The summed E-state index contributed by atoms with van der Waals surface area (Å²) in [7, 11) is 1.56. The van der Waals surface area contributed by atoms with Crippen molar-refractivity contribution >= 4 is 23.3 Å². The molecule has 0 spiro atoms. The molecule has 0 bridgehead atoms. The molecule has 0 saturated carbocycles. The van der Waals surface area contributed by atoms with Crippen LogP contribution >= 0.6 is 0 Å². The van der Waals surface area contributed by atoms with Crippen LogP contribution in [0.2, 0.25) is 0 Å². The van der Waals surface area contributed by atoms with E-state index in [1.54, 1.807) is 31.4 Å². The number of hydrogen-bond acceptors (Lipinski definition) is 6. The number of fused-ring (bicyclic) bond motifs is 1. The van der Waals surface area contributed by atoms with Gasteiger partial charge in [-0.25, -0.2) is 4.79 Å². The van der Waals surface area contributed by atoms with E-state index in [4.69, 9.17) is 14.2 Å². The van der Waals surface area contributed by atoms with Crippen molar-refractivity contribution in [3.63, 3.8) is 0 Å². The Kier molecular flexibility index (Phi) is 7.11. The first-order chi connectivity index (χ1) is 13.5. The van der Waals surface area contributed by atoms with Crippen LogP contribution < -0.4 is 9.47 Å². The molecule has 0 atom stereocenters. The van der Waals surface area contributed by atoms with Gasteiger partial charge in [-0.1, -0.05) is 38.1 Å². The predicted octanol–water partition coefficient (Wildman–Crippen LogP) is 4.12.